The van der Waals surface area contributed by atoms with Crippen molar-refractivity contribution >= 4 is 40.5 Å². The summed E-state index contributed by atoms with van der Waals surface area (Å²) in [5, 5.41) is 15.2. The van der Waals surface area contributed by atoms with Crippen molar-refractivity contribution in [1.29, 1.82) is 0 Å². The fourth-order valence-electron chi connectivity index (χ4n) is 4.66. The molecular weight excluding hydrogens is 448 g/mol. The van der Waals surface area contributed by atoms with Gasteiger partial charge in [0.05, 0.1) is 11.4 Å². The van der Waals surface area contributed by atoms with E-state index in [9.17, 15) is 0 Å². The van der Waals surface area contributed by atoms with Gasteiger partial charge in [-0.15, -0.1) is 11.3 Å². The van der Waals surface area contributed by atoms with Gasteiger partial charge in [0, 0.05) is 30.1 Å². The highest BCUT2D eigenvalue weighted by atomic mass is 32.1. The maximum Gasteiger partial charge on any atom is 0.137 e. The van der Waals surface area contributed by atoms with E-state index in [1.807, 2.05) is 48.4 Å². The number of hydrazine groups is 1. The van der Waals surface area contributed by atoms with E-state index in [0.717, 1.165) is 73.7 Å². The lowest BCUT2D eigenvalue weighted by Gasteiger charge is -2.30. The second-order valence-corrected chi connectivity index (χ2v) is 9.97. The third-order valence-electron chi connectivity index (χ3n) is 6.59. The molecule has 0 spiro atoms. The average molecular weight is 483 g/mol. The minimum Gasteiger partial charge on any atom is -0.318 e. The first-order valence-electron chi connectivity index (χ1n) is 11.9. The number of thiophene rings is 1. The number of aryl methyl sites for hydroxylation is 1. The Hall–Kier alpha value is -2.59. The van der Waals surface area contributed by atoms with Crippen LogP contribution < -0.4 is 16.2 Å². The molecule has 2 aromatic heterocycles. The van der Waals surface area contributed by atoms with Gasteiger partial charge in [-0.2, -0.15) is 0 Å². The number of anilines is 1. The van der Waals surface area contributed by atoms with Gasteiger partial charge >= 0.3 is 0 Å². The van der Waals surface area contributed by atoms with E-state index in [2.05, 4.69) is 32.0 Å². The second-order valence-electron chi connectivity index (χ2n) is 8.97. The summed E-state index contributed by atoms with van der Waals surface area (Å²) in [6.07, 6.45) is 7.22. The molecule has 3 aromatic rings. The van der Waals surface area contributed by atoms with Crippen LogP contribution in [0.15, 0.2) is 39.8 Å². The molecule has 0 unspecified atom stereocenters. The molecule has 1 saturated carbocycles. The Bertz CT molecular complexity index is 1110. The van der Waals surface area contributed by atoms with E-state index in [4.69, 9.17) is 15.3 Å². The lowest BCUT2D eigenvalue weighted by Crippen LogP contribution is -2.34. The molecule has 3 N–H and O–H groups in total. The third kappa shape index (κ3) is 5.72. The first-order valence-corrected chi connectivity index (χ1v) is 12.8. The first-order chi connectivity index (χ1) is 16.7. The number of likely N-dealkylation sites (N-methyl/N-ethyl adjacent to an activating group) is 1. The van der Waals surface area contributed by atoms with Crippen molar-refractivity contribution in [3.63, 3.8) is 0 Å². The Labute approximate surface area is 204 Å². The second kappa shape index (κ2) is 11.7. The van der Waals surface area contributed by atoms with Gasteiger partial charge in [-0.25, -0.2) is 10.5 Å². The van der Waals surface area contributed by atoms with Crippen LogP contribution in [0.5, 0.6) is 0 Å². The summed E-state index contributed by atoms with van der Waals surface area (Å²) in [5.74, 6) is 7.67. The fraction of sp³-hybridized carbons (Fsp3) is 0.480. The predicted molar refractivity (Wildman–Crippen MR) is 137 cm³/mol. The number of carbonyl (C=O) groups excluding carboxylic acids is 1. The summed E-state index contributed by atoms with van der Waals surface area (Å²) < 4.78 is 4.87. The molecule has 0 atom stereocenters. The van der Waals surface area contributed by atoms with Crippen molar-refractivity contribution < 1.29 is 9.42 Å². The highest BCUT2D eigenvalue weighted by Crippen LogP contribution is 2.39. The molecule has 1 aromatic carbocycles. The molecule has 8 nitrogen and oxygen atoms in total. The first kappa shape index (κ1) is 24.5. The monoisotopic (exact) mass is 482 g/mol. The molecular formula is C25H34N6O2S. The molecule has 5 rings (SSSR count). The highest BCUT2D eigenvalue weighted by molar-refractivity contribution is 7.10. The summed E-state index contributed by atoms with van der Waals surface area (Å²) in [4.78, 5) is 12.1. The Balaban J connectivity index is 0.00000133. The zero-order valence-electron chi connectivity index (χ0n) is 19.8. The fourth-order valence-corrected chi connectivity index (χ4v) is 5.54. The summed E-state index contributed by atoms with van der Waals surface area (Å²) in [7, 11) is 2.04. The van der Waals surface area contributed by atoms with Crippen LogP contribution in [0.25, 0.3) is 16.7 Å². The number of rotatable bonds is 11. The van der Waals surface area contributed by atoms with Crippen molar-refractivity contribution in [2.24, 2.45) is 11.8 Å². The van der Waals surface area contributed by atoms with Crippen LogP contribution in [0.4, 0.5) is 5.69 Å². The molecule has 2 heterocycles. The number of allylic oxidation sites excluding steroid dienone is 1. The van der Waals surface area contributed by atoms with Crippen LogP contribution in [0.1, 0.15) is 42.5 Å². The van der Waals surface area contributed by atoms with Gasteiger partial charge in [-0.1, -0.05) is 0 Å². The number of hydrogen-bond acceptors (Lipinski definition) is 9. The highest BCUT2D eigenvalue weighted by Gasteiger charge is 2.26. The number of nitrogens with zero attached hydrogens (tertiary/aromatic N) is 4. The van der Waals surface area contributed by atoms with Gasteiger partial charge < -0.3 is 15.0 Å². The molecule has 0 aliphatic heterocycles. The minimum absolute atomic E-state index is 0.724. The quantitative estimate of drug-likeness (QED) is 0.314. The summed E-state index contributed by atoms with van der Waals surface area (Å²) >= 11 is 1.83. The maximum atomic E-state index is 8.00. The van der Waals surface area contributed by atoms with Crippen LogP contribution in [0.2, 0.25) is 0 Å². The van der Waals surface area contributed by atoms with E-state index in [1.165, 1.54) is 35.4 Å². The summed E-state index contributed by atoms with van der Waals surface area (Å²) in [5.41, 5.74) is 6.27. The van der Waals surface area contributed by atoms with Crippen molar-refractivity contribution in [3.8, 4) is 0 Å². The number of aromatic nitrogens is 2. The van der Waals surface area contributed by atoms with Crippen LogP contribution >= 0.6 is 11.3 Å². The van der Waals surface area contributed by atoms with Crippen molar-refractivity contribution in [3.05, 3.63) is 45.7 Å². The van der Waals surface area contributed by atoms with Crippen LogP contribution in [-0.2, 0) is 11.2 Å². The Morgan fingerprint density at radius 1 is 1.18 bits per heavy atom. The Morgan fingerprint density at radius 2 is 2.00 bits per heavy atom. The minimum atomic E-state index is 0.724. The third-order valence-corrected chi connectivity index (χ3v) is 7.57. The van der Waals surface area contributed by atoms with Gasteiger partial charge in [-0.3, -0.25) is 5.01 Å². The SMILES string of the molecule is C=O.CNCCN(CCCC1=C(N(N)c2ccc3nonc3c2)c2ccsc2CC1)CC1CC1. The standard InChI is InChI=1S/C24H32N6OS.CH2O/c1-26-11-13-29(16-17-4-5-17)12-2-3-18-6-9-23-20(10-14-32-23)24(18)30(25)19-7-8-21-22(15-19)28-31-27-21;1-2/h7-8,10,14-15,17,26H,2-6,9,11-13,16,25H2,1H3;1H2. The van der Waals surface area contributed by atoms with Gasteiger partial charge in [0.2, 0.25) is 0 Å². The van der Waals surface area contributed by atoms with E-state index in [-0.39, 0.29) is 0 Å². The van der Waals surface area contributed by atoms with E-state index in [0.29, 0.717) is 0 Å². The van der Waals surface area contributed by atoms with Crippen molar-refractivity contribution in [2.75, 3.05) is 38.2 Å². The topological polar surface area (TPSA) is 101 Å². The molecule has 0 radical (unpaired) electrons. The van der Waals surface area contributed by atoms with Crippen LogP contribution in [-0.4, -0.2) is 55.2 Å². The molecule has 0 amide bonds. The average Bonchev–Trinajstić information content (AvgIpc) is 3.34. The molecule has 34 heavy (non-hydrogen) atoms. The Kier molecular flexibility index (Phi) is 8.44. The largest absolute Gasteiger partial charge is 0.318 e. The number of fused-ring (bicyclic) bond motifs is 2. The molecule has 9 heteroatoms. The van der Waals surface area contributed by atoms with Gasteiger partial charge in [-0.05, 0) is 104 Å². The molecule has 182 valence electrons. The number of benzene rings is 1. The molecule has 2 aliphatic carbocycles. The zero-order valence-corrected chi connectivity index (χ0v) is 20.6. The summed E-state index contributed by atoms with van der Waals surface area (Å²) in [6.45, 7) is 6.57. The van der Waals surface area contributed by atoms with Gasteiger partial charge in [0.15, 0.2) is 0 Å². The normalized spacial score (nSPS) is 15.4. The van der Waals surface area contributed by atoms with Gasteiger partial charge in [0.25, 0.3) is 0 Å². The number of carbonyl (C=O) groups is 1. The van der Waals surface area contributed by atoms with E-state index in [1.54, 1.807) is 0 Å². The predicted octanol–water partition coefficient (Wildman–Crippen LogP) is 3.85. The lowest BCUT2D eigenvalue weighted by molar-refractivity contribution is -0.0979. The van der Waals surface area contributed by atoms with E-state index >= 15 is 0 Å². The van der Waals surface area contributed by atoms with E-state index < -0.39 is 0 Å². The number of hydrogen-bond donors (Lipinski definition) is 2. The molecule has 2 aliphatic rings. The van der Waals surface area contributed by atoms with Crippen LogP contribution in [0, 0.1) is 5.92 Å². The van der Waals surface area contributed by atoms with Crippen molar-refractivity contribution in [2.45, 2.75) is 38.5 Å². The molecule has 0 saturated heterocycles. The number of nitrogens with two attached hydrogens (primary N) is 1. The summed E-state index contributed by atoms with van der Waals surface area (Å²) in [6, 6.07) is 8.08. The smallest absolute Gasteiger partial charge is 0.137 e. The van der Waals surface area contributed by atoms with Crippen LogP contribution in [0.3, 0.4) is 0 Å². The molecule has 1 fully saturated rings. The van der Waals surface area contributed by atoms with Gasteiger partial charge in [0.1, 0.15) is 17.8 Å². The zero-order chi connectivity index (χ0) is 23.9. The molecule has 0 bridgehead atoms. The van der Waals surface area contributed by atoms with Crippen molar-refractivity contribution in [1.82, 2.24) is 20.5 Å². The lowest BCUT2D eigenvalue weighted by atomic mass is 9.91. The maximum absolute atomic E-state index is 8.00. The number of nitrogens with one attached hydrogen (secondary N) is 1. The Morgan fingerprint density at radius 3 is 2.79 bits per heavy atom.